The topological polar surface area (TPSA) is 106 Å². The van der Waals surface area contributed by atoms with Crippen LogP contribution in [0.3, 0.4) is 0 Å². The molecule has 0 radical (unpaired) electrons. The van der Waals surface area contributed by atoms with Gasteiger partial charge in [-0.25, -0.2) is 4.79 Å². The SMILES string of the molecule is CC(C)C[C@H](N)[C@](O)(Cc1cc(OC2CCCCC2)ccn1)C(=O)O.Cl.Cl. The zero-order chi connectivity index (χ0) is 18.4. The molecule has 2 rings (SSSR count). The third-order valence-electron chi connectivity index (χ3n) is 4.80. The molecule has 1 aliphatic carbocycles. The Hall–Kier alpha value is -1.08. The van der Waals surface area contributed by atoms with Crippen LogP contribution in [-0.4, -0.2) is 38.9 Å². The van der Waals surface area contributed by atoms with Gasteiger partial charge in [-0.2, -0.15) is 0 Å². The molecule has 156 valence electrons. The number of rotatable bonds is 8. The lowest BCUT2D eigenvalue weighted by Gasteiger charge is -2.30. The minimum atomic E-state index is -2.04. The van der Waals surface area contributed by atoms with Crippen molar-refractivity contribution in [3.63, 3.8) is 0 Å². The van der Waals surface area contributed by atoms with Crippen molar-refractivity contribution < 1.29 is 19.7 Å². The highest BCUT2D eigenvalue weighted by Gasteiger charge is 2.43. The molecule has 1 saturated carbocycles. The van der Waals surface area contributed by atoms with Crippen molar-refractivity contribution in [3.05, 3.63) is 24.0 Å². The van der Waals surface area contributed by atoms with Gasteiger partial charge in [0, 0.05) is 30.4 Å². The molecule has 27 heavy (non-hydrogen) atoms. The van der Waals surface area contributed by atoms with E-state index in [0.717, 1.165) is 12.8 Å². The van der Waals surface area contributed by atoms with Crippen molar-refractivity contribution in [1.82, 2.24) is 4.98 Å². The van der Waals surface area contributed by atoms with Crippen LogP contribution in [0.25, 0.3) is 0 Å². The number of pyridine rings is 1. The number of ether oxygens (including phenoxy) is 1. The van der Waals surface area contributed by atoms with Crippen molar-refractivity contribution in [3.8, 4) is 5.75 Å². The van der Waals surface area contributed by atoms with Crippen LogP contribution in [0.4, 0.5) is 0 Å². The van der Waals surface area contributed by atoms with Crippen LogP contribution >= 0.6 is 24.8 Å². The molecule has 1 aliphatic rings. The first-order chi connectivity index (χ1) is 11.8. The molecule has 6 nitrogen and oxygen atoms in total. The first-order valence-electron chi connectivity index (χ1n) is 9.14. The first kappa shape index (κ1) is 25.9. The quantitative estimate of drug-likeness (QED) is 0.592. The monoisotopic (exact) mass is 422 g/mol. The van der Waals surface area contributed by atoms with Crippen LogP contribution in [-0.2, 0) is 11.2 Å². The van der Waals surface area contributed by atoms with Gasteiger partial charge in [0.2, 0.25) is 0 Å². The van der Waals surface area contributed by atoms with E-state index in [9.17, 15) is 15.0 Å². The third kappa shape index (κ3) is 7.45. The van der Waals surface area contributed by atoms with Crippen LogP contribution in [0.1, 0.15) is 58.1 Å². The molecule has 0 bridgehead atoms. The number of hydrogen-bond acceptors (Lipinski definition) is 5. The number of hydrogen-bond donors (Lipinski definition) is 3. The number of aliphatic hydroxyl groups is 1. The molecule has 1 aromatic heterocycles. The van der Waals surface area contributed by atoms with Gasteiger partial charge in [-0.1, -0.05) is 20.3 Å². The molecule has 0 amide bonds. The van der Waals surface area contributed by atoms with Crippen molar-refractivity contribution in [2.45, 2.75) is 76.5 Å². The Morgan fingerprint density at radius 1 is 1.33 bits per heavy atom. The van der Waals surface area contributed by atoms with E-state index in [2.05, 4.69) is 4.98 Å². The van der Waals surface area contributed by atoms with Crippen molar-refractivity contribution in [1.29, 1.82) is 0 Å². The number of halogens is 2. The molecule has 0 aliphatic heterocycles. The second-order valence-corrected chi connectivity index (χ2v) is 7.50. The van der Waals surface area contributed by atoms with Gasteiger partial charge in [-0.3, -0.25) is 4.98 Å². The van der Waals surface area contributed by atoms with Gasteiger partial charge in [0.05, 0.1) is 6.10 Å². The number of carbonyl (C=O) groups is 1. The summed E-state index contributed by atoms with van der Waals surface area (Å²) >= 11 is 0. The fourth-order valence-electron chi connectivity index (χ4n) is 3.35. The molecule has 8 heteroatoms. The first-order valence-corrected chi connectivity index (χ1v) is 9.14. The van der Waals surface area contributed by atoms with Crippen molar-refractivity contribution >= 4 is 30.8 Å². The lowest BCUT2D eigenvalue weighted by molar-refractivity contribution is -0.161. The Labute approximate surface area is 173 Å². The summed E-state index contributed by atoms with van der Waals surface area (Å²) in [5.41, 5.74) is 4.43. The largest absolute Gasteiger partial charge is 0.490 e. The van der Waals surface area contributed by atoms with Gasteiger partial charge in [0.25, 0.3) is 0 Å². The Morgan fingerprint density at radius 3 is 2.52 bits per heavy atom. The average molecular weight is 423 g/mol. The molecule has 1 fully saturated rings. The van der Waals surface area contributed by atoms with Gasteiger partial charge in [-0.05, 0) is 44.1 Å². The highest BCUT2D eigenvalue weighted by Crippen LogP contribution is 2.26. The zero-order valence-electron chi connectivity index (χ0n) is 16.0. The summed E-state index contributed by atoms with van der Waals surface area (Å²) in [4.78, 5) is 15.9. The van der Waals surface area contributed by atoms with Gasteiger partial charge < -0.3 is 20.7 Å². The van der Waals surface area contributed by atoms with Crippen molar-refractivity contribution in [2.24, 2.45) is 11.7 Å². The Morgan fingerprint density at radius 2 is 1.96 bits per heavy atom. The molecule has 1 heterocycles. The summed E-state index contributed by atoms with van der Waals surface area (Å²) < 4.78 is 6.00. The summed E-state index contributed by atoms with van der Waals surface area (Å²) in [6.45, 7) is 3.89. The van der Waals surface area contributed by atoms with Crippen molar-refractivity contribution in [2.75, 3.05) is 0 Å². The number of nitrogens with two attached hydrogens (primary N) is 1. The van der Waals surface area contributed by atoms with Gasteiger partial charge in [0.1, 0.15) is 5.75 Å². The summed E-state index contributed by atoms with van der Waals surface area (Å²) in [6, 6.07) is 2.62. The maximum Gasteiger partial charge on any atom is 0.337 e. The van der Waals surface area contributed by atoms with E-state index in [-0.39, 0.29) is 43.3 Å². The highest BCUT2D eigenvalue weighted by molar-refractivity contribution is 5.85. The Balaban J connectivity index is 0.00000338. The predicted molar refractivity (Wildman–Crippen MR) is 110 cm³/mol. The fourth-order valence-corrected chi connectivity index (χ4v) is 3.35. The number of aliphatic carboxylic acids is 1. The lowest BCUT2D eigenvalue weighted by atomic mass is 9.84. The van der Waals surface area contributed by atoms with E-state index in [1.807, 2.05) is 13.8 Å². The van der Waals surface area contributed by atoms with E-state index in [1.54, 1.807) is 18.3 Å². The number of aromatic nitrogens is 1. The maximum absolute atomic E-state index is 11.7. The normalized spacial score (nSPS) is 18.0. The molecule has 4 N–H and O–H groups in total. The standard InChI is InChI=1S/C19H30N2O4.2ClH/c1-13(2)10-17(20)19(24,18(22)23)12-14-11-16(8-9-21-14)25-15-6-4-3-5-7-15;;/h8-9,11,13,15,17,24H,3-7,10,12,20H2,1-2H3,(H,22,23);2*1H/t17-,19+;;/m0../s1. The molecule has 1 aromatic rings. The second-order valence-electron chi connectivity index (χ2n) is 7.50. The summed E-state index contributed by atoms with van der Waals surface area (Å²) in [7, 11) is 0. The van der Waals surface area contributed by atoms with E-state index >= 15 is 0 Å². The van der Waals surface area contributed by atoms with Gasteiger partial charge >= 0.3 is 5.97 Å². The second kappa shape index (κ2) is 11.7. The number of carboxylic acids is 1. The van der Waals surface area contributed by atoms with E-state index < -0.39 is 17.6 Å². The average Bonchev–Trinajstić information content (AvgIpc) is 2.55. The molecular formula is C19H32Cl2N2O4. The fraction of sp³-hybridized carbons (Fsp3) is 0.684. The molecular weight excluding hydrogens is 391 g/mol. The lowest BCUT2D eigenvalue weighted by Crippen LogP contribution is -2.56. The van der Waals surface area contributed by atoms with E-state index in [1.165, 1.54) is 19.3 Å². The van der Waals surface area contributed by atoms with Crippen LogP contribution in [0.5, 0.6) is 5.75 Å². The highest BCUT2D eigenvalue weighted by atomic mass is 35.5. The number of carboxylic acid groups (broad SMARTS) is 1. The van der Waals surface area contributed by atoms with E-state index in [0.29, 0.717) is 17.9 Å². The molecule has 2 atom stereocenters. The predicted octanol–water partition coefficient (Wildman–Crippen LogP) is 3.37. The molecule has 0 saturated heterocycles. The minimum absolute atomic E-state index is 0. The number of nitrogens with zero attached hydrogens (tertiary/aromatic N) is 1. The van der Waals surface area contributed by atoms with Gasteiger partial charge in [-0.15, -0.1) is 24.8 Å². The van der Waals surface area contributed by atoms with Crippen LogP contribution in [0.2, 0.25) is 0 Å². The molecule has 0 spiro atoms. The van der Waals surface area contributed by atoms with E-state index in [4.69, 9.17) is 10.5 Å². The zero-order valence-corrected chi connectivity index (χ0v) is 17.6. The van der Waals surface area contributed by atoms with Crippen LogP contribution in [0.15, 0.2) is 18.3 Å². The minimum Gasteiger partial charge on any atom is -0.490 e. The summed E-state index contributed by atoms with van der Waals surface area (Å²) in [5, 5.41) is 20.2. The molecule has 0 aromatic carbocycles. The summed E-state index contributed by atoms with van der Waals surface area (Å²) in [6.07, 6.45) is 7.73. The Kier molecular flexibility index (Phi) is 11.2. The maximum atomic E-state index is 11.7. The Bertz CT molecular complexity index is 583. The van der Waals surface area contributed by atoms with Crippen LogP contribution < -0.4 is 10.5 Å². The van der Waals surface area contributed by atoms with Gasteiger partial charge in [0.15, 0.2) is 5.60 Å². The molecule has 0 unspecified atom stereocenters. The third-order valence-corrected chi connectivity index (χ3v) is 4.80. The smallest absolute Gasteiger partial charge is 0.337 e. The van der Waals surface area contributed by atoms with Crippen LogP contribution in [0, 0.1) is 5.92 Å². The summed E-state index contributed by atoms with van der Waals surface area (Å²) in [5.74, 6) is -0.460.